The zero-order chi connectivity index (χ0) is 16.2. The standard InChI is InChI=1S/C17H17ClN4O/c1-21-13-10-20-14(18)8-11(13)15(12(9-19)16(21)23)22-6-4-17(2-3-17)5-7-22/h8,10H,2-7H2,1H3. The van der Waals surface area contributed by atoms with Crippen LogP contribution in [-0.2, 0) is 7.05 Å². The fourth-order valence-electron chi connectivity index (χ4n) is 3.70. The largest absolute Gasteiger partial charge is 0.370 e. The van der Waals surface area contributed by atoms with Gasteiger partial charge in [0.1, 0.15) is 16.8 Å². The van der Waals surface area contributed by atoms with Gasteiger partial charge < -0.3 is 9.47 Å². The molecule has 1 saturated carbocycles. The molecule has 1 saturated heterocycles. The summed E-state index contributed by atoms with van der Waals surface area (Å²) in [5.41, 5.74) is 1.91. The minimum absolute atomic E-state index is 0.203. The van der Waals surface area contributed by atoms with Gasteiger partial charge in [0.25, 0.3) is 5.56 Å². The fraction of sp³-hybridized carbons (Fsp3) is 0.471. The Kier molecular flexibility index (Phi) is 3.14. The summed E-state index contributed by atoms with van der Waals surface area (Å²) >= 11 is 6.07. The zero-order valence-electron chi connectivity index (χ0n) is 13.0. The van der Waals surface area contributed by atoms with Crippen molar-refractivity contribution in [1.82, 2.24) is 9.55 Å². The van der Waals surface area contributed by atoms with Crippen molar-refractivity contribution < 1.29 is 0 Å². The molecule has 0 radical (unpaired) electrons. The lowest BCUT2D eigenvalue weighted by Crippen LogP contribution is -2.37. The van der Waals surface area contributed by atoms with Gasteiger partial charge in [-0.15, -0.1) is 0 Å². The molecule has 0 bridgehead atoms. The number of piperidine rings is 1. The molecule has 0 aromatic carbocycles. The first-order valence-corrected chi connectivity index (χ1v) is 8.26. The van der Waals surface area contributed by atoms with E-state index < -0.39 is 0 Å². The van der Waals surface area contributed by atoms with Crippen LogP contribution in [0.1, 0.15) is 31.2 Å². The topological polar surface area (TPSA) is 61.9 Å². The van der Waals surface area contributed by atoms with Crippen LogP contribution in [0.3, 0.4) is 0 Å². The molecular weight excluding hydrogens is 312 g/mol. The van der Waals surface area contributed by atoms with Crippen molar-refractivity contribution in [2.24, 2.45) is 12.5 Å². The van der Waals surface area contributed by atoms with Crippen molar-refractivity contribution in [3.8, 4) is 6.07 Å². The third-order valence-corrected chi connectivity index (χ3v) is 5.64. The Balaban J connectivity index is 1.93. The van der Waals surface area contributed by atoms with Crippen LogP contribution in [-0.4, -0.2) is 22.6 Å². The van der Waals surface area contributed by atoms with E-state index in [4.69, 9.17) is 11.6 Å². The monoisotopic (exact) mass is 328 g/mol. The Bertz CT molecular complexity index is 897. The smallest absolute Gasteiger partial charge is 0.270 e. The maximum atomic E-state index is 12.6. The number of fused-ring (bicyclic) bond motifs is 1. The molecule has 2 fully saturated rings. The molecule has 0 atom stereocenters. The summed E-state index contributed by atoms with van der Waals surface area (Å²) in [5, 5.41) is 10.8. The molecule has 2 aromatic rings. The molecule has 3 heterocycles. The van der Waals surface area contributed by atoms with E-state index in [-0.39, 0.29) is 11.1 Å². The number of aryl methyl sites for hydroxylation is 1. The highest BCUT2D eigenvalue weighted by Crippen LogP contribution is 2.54. The molecule has 5 nitrogen and oxygen atoms in total. The van der Waals surface area contributed by atoms with E-state index in [2.05, 4.69) is 16.0 Å². The summed E-state index contributed by atoms with van der Waals surface area (Å²) in [7, 11) is 1.67. The van der Waals surface area contributed by atoms with E-state index in [1.807, 2.05) is 0 Å². The summed E-state index contributed by atoms with van der Waals surface area (Å²) in [6.07, 6.45) is 6.51. The van der Waals surface area contributed by atoms with Crippen LogP contribution in [0, 0.1) is 16.7 Å². The number of hydrogen-bond donors (Lipinski definition) is 0. The quantitative estimate of drug-likeness (QED) is 0.755. The number of nitriles is 1. The molecule has 6 heteroatoms. The molecule has 4 rings (SSSR count). The third-order valence-electron chi connectivity index (χ3n) is 5.43. The number of aromatic nitrogens is 2. The second kappa shape index (κ2) is 4.97. The van der Waals surface area contributed by atoms with Gasteiger partial charge in [-0.1, -0.05) is 11.6 Å². The average molecular weight is 329 g/mol. The van der Waals surface area contributed by atoms with E-state index in [9.17, 15) is 10.1 Å². The average Bonchev–Trinajstić information content (AvgIpc) is 3.31. The summed E-state index contributed by atoms with van der Waals surface area (Å²) in [6.45, 7) is 1.77. The molecule has 1 aliphatic heterocycles. The number of pyridine rings is 2. The van der Waals surface area contributed by atoms with Crippen molar-refractivity contribution in [2.45, 2.75) is 25.7 Å². The Hall–Kier alpha value is -2.06. The van der Waals surface area contributed by atoms with E-state index in [1.54, 1.807) is 19.3 Å². The molecule has 0 N–H and O–H groups in total. The van der Waals surface area contributed by atoms with E-state index in [0.717, 1.165) is 37.0 Å². The number of rotatable bonds is 1. The Morgan fingerprint density at radius 2 is 2.00 bits per heavy atom. The van der Waals surface area contributed by atoms with E-state index in [0.29, 0.717) is 16.1 Å². The number of anilines is 1. The van der Waals surface area contributed by atoms with Crippen LogP contribution in [0.25, 0.3) is 10.9 Å². The van der Waals surface area contributed by atoms with Gasteiger partial charge in [0, 0.05) is 25.5 Å². The van der Waals surface area contributed by atoms with Crippen LogP contribution < -0.4 is 10.5 Å². The summed E-state index contributed by atoms with van der Waals surface area (Å²) in [6, 6.07) is 3.87. The van der Waals surface area contributed by atoms with Gasteiger partial charge in [-0.2, -0.15) is 5.26 Å². The highest BCUT2D eigenvalue weighted by Gasteiger charge is 2.44. The molecule has 2 aromatic heterocycles. The predicted molar refractivity (Wildman–Crippen MR) is 89.8 cm³/mol. The fourth-order valence-corrected chi connectivity index (χ4v) is 3.86. The molecular formula is C17H17ClN4O. The highest BCUT2D eigenvalue weighted by molar-refractivity contribution is 6.30. The van der Waals surface area contributed by atoms with Crippen LogP contribution in [0.2, 0.25) is 5.15 Å². The second-order valence-electron chi connectivity index (χ2n) is 6.71. The second-order valence-corrected chi connectivity index (χ2v) is 7.10. The molecule has 23 heavy (non-hydrogen) atoms. The summed E-state index contributed by atoms with van der Waals surface area (Å²) < 4.78 is 1.48. The van der Waals surface area contributed by atoms with E-state index in [1.165, 1.54) is 17.4 Å². The lowest BCUT2D eigenvalue weighted by Gasteiger charge is -2.35. The molecule has 2 aliphatic rings. The number of hydrogen-bond acceptors (Lipinski definition) is 4. The van der Waals surface area contributed by atoms with Crippen molar-refractivity contribution in [2.75, 3.05) is 18.0 Å². The molecule has 1 aliphatic carbocycles. The first-order chi connectivity index (χ1) is 11.0. The lowest BCUT2D eigenvalue weighted by molar-refractivity contribution is 0.384. The van der Waals surface area contributed by atoms with Gasteiger partial charge >= 0.3 is 0 Å². The zero-order valence-corrected chi connectivity index (χ0v) is 13.7. The maximum absolute atomic E-state index is 12.6. The first-order valence-electron chi connectivity index (χ1n) is 7.88. The molecule has 1 spiro atoms. The van der Waals surface area contributed by atoms with Gasteiger partial charge in [0.05, 0.1) is 17.4 Å². The number of halogens is 1. The Morgan fingerprint density at radius 3 is 2.61 bits per heavy atom. The number of nitrogens with zero attached hydrogens (tertiary/aromatic N) is 4. The van der Waals surface area contributed by atoms with E-state index >= 15 is 0 Å². The van der Waals surface area contributed by atoms with Gasteiger partial charge in [0.15, 0.2) is 0 Å². The minimum atomic E-state index is -0.272. The Labute approximate surface area is 139 Å². The van der Waals surface area contributed by atoms with Crippen molar-refractivity contribution in [3.63, 3.8) is 0 Å². The van der Waals surface area contributed by atoms with Crippen LogP contribution in [0.15, 0.2) is 17.1 Å². The van der Waals surface area contributed by atoms with Gasteiger partial charge in [-0.05, 0) is 37.2 Å². The van der Waals surface area contributed by atoms with Crippen LogP contribution in [0.5, 0.6) is 0 Å². The summed E-state index contributed by atoms with van der Waals surface area (Å²) in [4.78, 5) is 18.8. The van der Waals surface area contributed by atoms with Gasteiger partial charge in [-0.3, -0.25) is 4.79 Å². The Morgan fingerprint density at radius 1 is 1.30 bits per heavy atom. The maximum Gasteiger partial charge on any atom is 0.270 e. The van der Waals surface area contributed by atoms with Crippen LogP contribution in [0.4, 0.5) is 5.69 Å². The first kappa shape index (κ1) is 14.5. The molecule has 118 valence electrons. The van der Waals surface area contributed by atoms with Crippen molar-refractivity contribution in [3.05, 3.63) is 33.3 Å². The molecule has 0 amide bonds. The van der Waals surface area contributed by atoms with Gasteiger partial charge in [0.2, 0.25) is 0 Å². The van der Waals surface area contributed by atoms with Crippen molar-refractivity contribution in [1.29, 1.82) is 5.26 Å². The lowest BCUT2D eigenvalue weighted by atomic mass is 9.92. The van der Waals surface area contributed by atoms with Gasteiger partial charge in [-0.25, -0.2) is 4.98 Å². The predicted octanol–water partition coefficient (Wildman–Crippen LogP) is 2.84. The normalized spacial score (nSPS) is 19.1. The summed E-state index contributed by atoms with van der Waals surface area (Å²) in [5.74, 6) is 0. The van der Waals surface area contributed by atoms with Crippen LogP contribution >= 0.6 is 11.6 Å². The highest BCUT2D eigenvalue weighted by atomic mass is 35.5. The SMILES string of the molecule is Cn1c(=O)c(C#N)c(N2CCC3(CC2)CC3)c2cc(Cl)ncc21. The minimum Gasteiger partial charge on any atom is -0.370 e. The van der Waals surface area contributed by atoms with Crippen molar-refractivity contribution >= 4 is 28.2 Å². The third kappa shape index (κ3) is 2.21. The molecule has 0 unspecified atom stereocenters.